The standard InChI is InChI=1S/C11H17NO/c1-9(12-2)11-6-4-10(5-7-11)8-13-3/h4-7,9,12H,8H2,1-3H3. The zero-order valence-corrected chi connectivity index (χ0v) is 8.50. The van der Waals surface area contributed by atoms with Crippen molar-refractivity contribution in [1.82, 2.24) is 5.32 Å². The maximum absolute atomic E-state index is 5.04. The van der Waals surface area contributed by atoms with Crippen LogP contribution in [0, 0.1) is 0 Å². The van der Waals surface area contributed by atoms with E-state index in [0.29, 0.717) is 12.6 Å². The summed E-state index contributed by atoms with van der Waals surface area (Å²) in [5.74, 6) is 0. The predicted octanol–water partition coefficient (Wildman–Crippen LogP) is 2.11. The monoisotopic (exact) mass is 179 g/mol. The highest BCUT2D eigenvalue weighted by molar-refractivity contribution is 5.24. The van der Waals surface area contributed by atoms with Crippen LogP contribution in [0.1, 0.15) is 24.1 Å². The van der Waals surface area contributed by atoms with Gasteiger partial charge in [-0.05, 0) is 25.1 Å². The maximum Gasteiger partial charge on any atom is 0.0713 e. The molecule has 2 heteroatoms. The lowest BCUT2D eigenvalue weighted by atomic mass is 10.1. The Morgan fingerprint density at radius 1 is 1.31 bits per heavy atom. The molecule has 0 spiro atoms. The van der Waals surface area contributed by atoms with Crippen LogP contribution in [0.4, 0.5) is 0 Å². The minimum atomic E-state index is 0.414. The molecule has 0 aliphatic heterocycles. The number of methoxy groups -OCH3 is 1. The van der Waals surface area contributed by atoms with Crippen LogP contribution in [0.5, 0.6) is 0 Å². The van der Waals surface area contributed by atoms with Gasteiger partial charge in [-0.25, -0.2) is 0 Å². The van der Waals surface area contributed by atoms with Crippen molar-refractivity contribution in [2.75, 3.05) is 14.2 Å². The van der Waals surface area contributed by atoms with Crippen LogP contribution in [-0.2, 0) is 11.3 Å². The van der Waals surface area contributed by atoms with Crippen LogP contribution in [0.25, 0.3) is 0 Å². The normalized spacial score (nSPS) is 12.8. The van der Waals surface area contributed by atoms with Gasteiger partial charge in [0.2, 0.25) is 0 Å². The lowest BCUT2D eigenvalue weighted by Gasteiger charge is -2.10. The highest BCUT2D eigenvalue weighted by Gasteiger charge is 2.00. The average molecular weight is 179 g/mol. The van der Waals surface area contributed by atoms with Crippen LogP contribution in [0.15, 0.2) is 24.3 Å². The second-order valence-electron chi connectivity index (χ2n) is 3.18. The number of benzene rings is 1. The van der Waals surface area contributed by atoms with Crippen molar-refractivity contribution in [2.24, 2.45) is 0 Å². The van der Waals surface area contributed by atoms with E-state index in [1.54, 1.807) is 7.11 Å². The first-order valence-electron chi connectivity index (χ1n) is 4.53. The van der Waals surface area contributed by atoms with Crippen molar-refractivity contribution in [3.8, 4) is 0 Å². The van der Waals surface area contributed by atoms with Gasteiger partial charge in [0.25, 0.3) is 0 Å². The Bertz CT molecular complexity index is 243. The van der Waals surface area contributed by atoms with Gasteiger partial charge in [-0.1, -0.05) is 24.3 Å². The third-order valence-corrected chi connectivity index (χ3v) is 2.22. The summed E-state index contributed by atoms with van der Waals surface area (Å²) < 4.78 is 5.04. The van der Waals surface area contributed by atoms with Crippen molar-refractivity contribution in [2.45, 2.75) is 19.6 Å². The zero-order valence-electron chi connectivity index (χ0n) is 8.50. The summed E-state index contributed by atoms with van der Waals surface area (Å²) in [7, 11) is 3.68. The molecule has 1 aromatic rings. The van der Waals surface area contributed by atoms with Gasteiger partial charge in [0.1, 0.15) is 0 Å². The molecule has 0 saturated heterocycles. The van der Waals surface area contributed by atoms with E-state index in [9.17, 15) is 0 Å². The Labute approximate surface area is 79.9 Å². The maximum atomic E-state index is 5.04. The molecule has 1 rings (SSSR count). The van der Waals surface area contributed by atoms with Crippen LogP contribution in [0.2, 0.25) is 0 Å². The first-order chi connectivity index (χ1) is 6.27. The number of nitrogens with one attached hydrogen (secondary N) is 1. The highest BCUT2D eigenvalue weighted by atomic mass is 16.5. The molecule has 0 saturated carbocycles. The fraction of sp³-hybridized carbons (Fsp3) is 0.455. The molecule has 13 heavy (non-hydrogen) atoms. The molecule has 1 unspecified atom stereocenters. The lowest BCUT2D eigenvalue weighted by Crippen LogP contribution is -2.12. The molecule has 0 radical (unpaired) electrons. The van der Waals surface area contributed by atoms with Gasteiger partial charge in [0.05, 0.1) is 6.61 Å². The Morgan fingerprint density at radius 3 is 2.38 bits per heavy atom. The highest BCUT2D eigenvalue weighted by Crippen LogP contribution is 2.12. The molecule has 72 valence electrons. The first kappa shape index (κ1) is 10.2. The van der Waals surface area contributed by atoms with E-state index in [1.807, 2.05) is 7.05 Å². The summed E-state index contributed by atoms with van der Waals surface area (Å²) in [5.41, 5.74) is 2.52. The van der Waals surface area contributed by atoms with Crippen molar-refractivity contribution in [3.05, 3.63) is 35.4 Å². The van der Waals surface area contributed by atoms with E-state index in [-0.39, 0.29) is 0 Å². The van der Waals surface area contributed by atoms with Crippen LogP contribution in [0.3, 0.4) is 0 Å². The SMILES string of the molecule is CNC(C)c1ccc(COC)cc1. The number of hydrogen-bond acceptors (Lipinski definition) is 2. The van der Waals surface area contributed by atoms with E-state index in [2.05, 4.69) is 36.5 Å². The molecular formula is C11H17NO. The second kappa shape index (κ2) is 5.00. The number of rotatable bonds is 4. The zero-order chi connectivity index (χ0) is 9.68. The summed E-state index contributed by atoms with van der Waals surface area (Å²) in [6, 6.07) is 8.89. The van der Waals surface area contributed by atoms with E-state index in [4.69, 9.17) is 4.74 Å². The molecule has 0 aliphatic carbocycles. The number of ether oxygens (including phenoxy) is 1. The van der Waals surface area contributed by atoms with E-state index in [0.717, 1.165) is 0 Å². The third-order valence-electron chi connectivity index (χ3n) is 2.22. The van der Waals surface area contributed by atoms with Gasteiger partial charge in [0.15, 0.2) is 0 Å². The second-order valence-corrected chi connectivity index (χ2v) is 3.18. The molecule has 0 aromatic heterocycles. The quantitative estimate of drug-likeness (QED) is 0.764. The fourth-order valence-electron chi connectivity index (χ4n) is 1.24. The van der Waals surface area contributed by atoms with Crippen molar-refractivity contribution < 1.29 is 4.74 Å². The minimum absolute atomic E-state index is 0.414. The summed E-state index contributed by atoms with van der Waals surface area (Å²) in [6.07, 6.45) is 0. The summed E-state index contributed by atoms with van der Waals surface area (Å²) in [5, 5.41) is 3.20. The van der Waals surface area contributed by atoms with Gasteiger partial charge in [0, 0.05) is 13.2 Å². The largest absolute Gasteiger partial charge is 0.380 e. The molecule has 1 atom stereocenters. The lowest BCUT2D eigenvalue weighted by molar-refractivity contribution is 0.185. The van der Waals surface area contributed by atoms with E-state index >= 15 is 0 Å². The van der Waals surface area contributed by atoms with Gasteiger partial charge in [-0.15, -0.1) is 0 Å². The van der Waals surface area contributed by atoms with Gasteiger partial charge < -0.3 is 10.1 Å². The summed E-state index contributed by atoms with van der Waals surface area (Å²) >= 11 is 0. The molecule has 0 aliphatic rings. The molecule has 0 fully saturated rings. The first-order valence-corrected chi connectivity index (χ1v) is 4.53. The summed E-state index contributed by atoms with van der Waals surface area (Å²) in [4.78, 5) is 0. The molecular weight excluding hydrogens is 162 g/mol. The summed E-state index contributed by atoms with van der Waals surface area (Å²) in [6.45, 7) is 2.83. The third kappa shape index (κ3) is 2.83. The predicted molar refractivity (Wildman–Crippen MR) is 54.6 cm³/mol. The average Bonchev–Trinajstić information content (AvgIpc) is 2.18. The van der Waals surface area contributed by atoms with E-state index in [1.165, 1.54) is 11.1 Å². The Balaban J connectivity index is 2.69. The Kier molecular flexibility index (Phi) is 3.93. The molecule has 0 bridgehead atoms. The van der Waals surface area contributed by atoms with Crippen molar-refractivity contribution in [3.63, 3.8) is 0 Å². The van der Waals surface area contributed by atoms with Gasteiger partial charge in [-0.3, -0.25) is 0 Å². The van der Waals surface area contributed by atoms with Crippen LogP contribution >= 0.6 is 0 Å². The molecule has 2 nitrogen and oxygen atoms in total. The molecule has 0 amide bonds. The Hall–Kier alpha value is -0.860. The van der Waals surface area contributed by atoms with Crippen LogP contribution < -0.4 is 5.32 Å². The van der Waals surface area contributed by atoms with Crippen LogP contribution in [-0.4, -0.2) is 14.2 Å². The van der Waals surface area contributed by atoms with Gasteiger partial charge >= 0.3 is 0 Å². The number of hydrogen-bond donors (Lipinski definition) is 1. The Morgan fingerprint density at radius 2 is 1.92 bits per heavy atom. The van der Waals surface area contributed by atoms with Crippen molar-refractivity contribution in [1.29, 1.82) is 0 Å². The molecule has 0 heterocycles. The van der Waals surface area contributed by atoms with Gasteiger partial charge in [-0.2, -0.15) is 0 Å². The molecule has 1 N–H and O–H groups in total. The molecule has 1 aromatic carbocycles. The van der Waals surface area contributed by atoms with Crippen molar-refractivity contribution >= 4 is 0 Å². The minimum Gasteiger partial charge on any atom is -0.380 e. The topological polar surface area (TPSA) is 21.3 Å². The smallest absolute Gasteiger partial charge is 0.0713 e. The fourth-order valence-corrected chi connectivity index (χ4v) is 1.24. The van der Waals surface area contributed by atoms with E-state index < -0.39 is 0 Å².